The van der Waals surface area contributed by atoms with Gasteiger partial charge in [0.15, 0.2) is 0 Å². The first-order valence-electron chi connectivity index (χ1n) is 6.45. The fraction of sp³-hybridized carbons (Fsp3) is 0.538. The van der Waals surface area contributed by atoms with Crippen molar-refractivity contribution in [3.05, 3.63) is 23.2 Å². The number of rotatable bonds is 7. The molecule has 0 heterocycles. The lowest BCUT2D eigenvalue weighted by Gasteiger charge is -2.11. The van der Waals surface area contributed by atoms with Gasteiger partial charge in [-0.3, -0.25) is 0 Å². The summed E-state index contributed by atoms with van der Waals surface area (Å²) < 4.78 is 31.6. The van der Waals surface area contributed by atoms with E-state index in [4.69, 9.17) is 16.3 Å². The van der Waals surface area contributed by atoms with Crippen molar-refractivity contribution in [3.8, 4) is 5.75 Å². The molecule has 0 aromatic heterocycles. The highest BCUT2D eigenvalue weighted by Gasteiger charge is 2.29. The number of hydrogen-bond acceptors (Lipinski definition) is 4. The van der Waals surface area contributed by atoms with Crippen LogP contribution in [0.4, 0.5) is 0 Å². The molecule has 5 nitrogen and oxygen atoms in total. The molecular formula is C13H18ClNO4S. The Morgan fingerprint density at radius 1 is 1.50 bits per heavy atom. The van der Waals surface area contributed by atoms with Gasteiger partial charge in [-0.05, 0) is 43.4 Å². The molecule has 20 heavy (non-hydrogen) atoms. The number of aliphatic hydroxyl groups excluding tert-OH is 1. The quantitative estimate of drug-likeness (QED) is 0.803. The lowest BCUT2D eigenvalue weighted by atomic mass is 10.2. The zero-order valence-electron chi connectivity index (χ0n) is 11.2. The number of ether oxygens (including phenoxy) is 1. The third-order valence-corrected chi connectivity index (χ3v) is 5.09. The Morgan fingerprint density at radius 3 is 2.75 bits per heavy atom. The Bertz CT molecular complexity index is 572. The zero-order chi connectivity index (χ0) is 14.8. The molecule has 0 bridgehead atoms. The summed E-state index contributed by atoms with van der Waals surface area (Å²) in [5.74, 6) is 0.768. The summed E-state index contributed by atoms with van der Waals surface area (Å²) in [4.78, 5) is 0.0872. The molecule has 2 rings (SSSR count). The van der Waals surface area contributed by atoms with E-state index in [1.54, 1.807) is 0 Å². The fourth-order valence-electron chi connectivity index (χ4n) is 1.96. The van der Waals surface area contributed by atoms with Crippen molar-refractivity contribution in [1.29, 1.82) is 0 Å². The molecule has 0 spiro atoms. The second kappa shape index (κ2) is 6.30. The molecule has 1 saturated carbocycles. The predicted octanol–water partition coefficient (Wildman–Crippen LogP) is 1.79. The molecule has 1 aliphatic carbocycles. The van der Waals surface area contributed by atoms with E-state index in [0.717, 1.165) is 12.8 Å². The van der Waals surface area contributed by atoms with E-state index >= 15 is 0 Å². The van der Waals surface area contributed by atoms with Gasteiger partial charge in [0.25, 0.3) is 0 Å². The van der Waals surface area contributed by atoms with Gasteiger partial charge in [0.2, 0.25) is 10.0 Å². The average Bonchev–Trinajstić information content (AvgIpc) is 3.22. The molecule has 1 atom stereocenters. The third-order valence-electron chi connectivity index (χ3n) is 3.33. The van der Waals surface area contributed by atoms with Gasteiger partial charge in [0.1, 0.15) is 5.75 Å². The minimum atomic E-state index is -3.61. The summed E-state index contributed by atoms with van der Waals surface area (Å²) >= 11 is 5.91. The first-order chi connectivity index (χ1) is 9.44. The summed E-state index contributed by atoms with van der Waals surface area (Å²) in [6.45, 7) is 0.212. The molecule has 112 valence electrons. The Labute approximate surface area is 124 Å². The number of halogens is 1. The lowest BCUT2D eigenvalue weighted by molar-refractivity contribution is 0.143. The smallest absolute Gasteiger partial charge is 0.240 e. The van der Waals surface area contributed by atoms with E-state index < -0.39 is 16.1 Å². The monoisotopic (exact) mass is 319 g/mol. The van der Waals surface area contributed by atoms with Crippen LogP contribution < -0.4 is 9.46 Å². The zero-order valence-corrected chi connectivity index (χ0v) is 12.7. The number of aliphatic hydroxyl groups is 1. The minimum absolute atomic E-state index is 0.0872. The van der Waals surface area contributed by atoms with Gasteiger partial charge < -0.3 is 9.84 Å². The van der Waals surface area contributed by atoms with Crippen LogP contribution in [-0.4, -0.2) is 33.3 Å². The van der Waals surface area contributed by atoms with Crippen molar-refractivity contribution >= 4 is 21.6 Å². The largest absolute Gasteiger partial charge is 0.495 e. The molecule has 7 heteroatoms. The number of hydrogen-bond donors (Lipinski definition) is 2. The SMILES string of the molecule is COc1ccc(S(=O)(=O)NCCC(O)C2CC2)cc1Cl. The van der Waals surface area contributed by atoms with Gasteiger partial charge in [-0.15, -0.1) is 0 Å². The fourth-order valence-corrected chi connectivity index (χ4v) is 3.35. The van der Waals surface area contributed by atoms with E-state index in [1.165, 1.54) is 25.3 Å². The van der Waals surface area contributed by atoms with Gasteiger partial charge in [-0.1, -0.05) is 11.6 Å². The second-order valence-electron chi connectivity index (χ2n) is 4.89. The van der Waals surface area contributed by atoms with Crippen LogP contribution in [0.1, 0.15) is 19.3 Å². The number of nitrogens with one attached hydrogen (secondary N) is 1. The molecule has 1 aromatic carbocycles. The molecule has 0 radical (unpaired) electrons. The minimum Gasteiger partial charge on any atom is -0.495 e. The van der Waals surface area contributed by atoms with Crippen LogP contribution in [0.15, 0.2) is 23.1 Å². The summed E-state index contributed by atoms with van der Waals surface area (Å²) in [6, 6.07) is 4.29. The highest BCUT2D eigenvalue weighted by atomic mass is 35.5. The summed E-state index contributed by atoms with van der Waals surface area (Å²) in [6.07, 6.45) is 2.06. The molecule has 0 aliphatic heterocycles. The maximum absolute atomic E-state index is 12.1. The number of methoxy groups -OCH3 is 1. The van der Waals surface area contributed by atoms with Crippen molar-refractivity contribution in [3.63, 3.8) is 0 Å². The maximum Gasteiger partial charge on any atom is 0.240 e. The van der Waals surface area contributed by atoms with Crippen LogP contribution in [0.25, 0.3) is 0 Å². The van der Waals surface area contributed by atoms with Gasteiger partial charge in [-0.2, -0.15) is 0 Å². The summed E-state index contributed by atoms with van der Waals surface area (Å²) in [5, 5.41) is 9.94. The molecule has 1 aromatic rings. The first kappa shape index (κ1) is 15.6. The van der Waals surface area contributed by atoms with E-state index in [2.05, 4.69) is 4.72 Å². The van der Waals surface area contributed by atoms with Crippen molar-refractivity contribution in [2.45, 2.75) is 30.3 Å². The van der Waals surface area contributed by atoms with E-state index in [0.29, 0.717) is 18.1 Å². The molecule has 1 aliphatic rings. The average molecular weight is 320 g/mol. The standard InChI is InChI=1S/C13H18ClNO4S/c1-19-13-5-4-10(8-11(13)14)20(17,18)15-7-6-12(16)9-2-3-9/h4-5,8-9,12,15-16H,2-3,6-7H2,1H3. The van der Waals surface area contributed by atoms with Crippen LogP contribution in [0.2, 0.25) is 5.02 Å². The lowest BCUT2D eigenvalue weighted by Crippen LogP contribution is -2.27. The summed E-state index contributed by atoms with van der Waals surface area (Å²) in [7, 11) is -2.14. The van der Waals surface area contributed by atoms with Gasteiger partial charge in [0, 0.05) is 6.54 Å². The van der Waals surface area contributed by atoms with Crippen LogP contribution in [0, 0.1) is 5.92 Å². The van der Waals surface area contributed by atoms with E-state index in [9.17, 15) is 13.5 Å². The van der Waals surface area contributed by atoms with Gasteiger partial charge in [0.05, 0.1) is 23.1 Å². The van der Waals surface area contributed by atoms with Crippen LogP contribution in [-0.2, 0) is 10.0 Å². The van der Waals surface area contributed by atoms with Gasteiger partial charge in [-0.25, -0.2) is 13.1 Å². The van der Waals surface area contributed by atoms with Crippen molar-refractivity contribution in [2.75, 3.05) is 13.7 Å². The Hall–Kier alpha value is -0.820. The van der Waals surface area contributed by atoms with E-state index in [-0.39, 0.29) is 16.5 Å². The van der Waals surface area contributed by atoms with Crippen LogP contribution >= 0.6 is 11.6 Å². The first-order valence-corrected chi connectivity index (χ1v) is 8.31. The molecule has 0 amide bonds. The van der Waals surface area contributed by atoms with Crippen molar-refractivity contribution < 1.29 is 18.3 Å². The molecule has 2 N–H and O–H groups in total. The van der Waals surface area contributed by atoms with Crippen LogP contribution in [0.5, 0.6) is 5.75 Å². The normalized spacial score (nSPS) is 16.9. The topological polar surface area (TPSA) is 75.6 Å². The second-order valence-corrected chi connectivity index (χ2v) is 7.06. The third kappa shape index (κ3) is 3.85. The predicted molar refractivity (Wildman–Crippen MR) is 76.5 cm³/mol. The van der Waals surface area contributed by atoms with E-state index in [1.807, 2.05) is 0 Å². The maximum atomic E-state index is 12.1. The number of sulfonamides is 1. The summed E-state index contributed by atoms with van der Waals surface area (Å²) in [5.41, 5.74) is 0. The molecular weight excluding hydrogens is 302 g/mol. The highest BCUT2D eigenvalue weighted by molar-refractivity contribution is 7.89. The molecule has 1 unspecified atom stereocenters. The Morgan fingerprint density at radius 2 is 2.20 bits per heavy atom. The molecule has 1 fully saturated rings. The Balaban J connectivity index is 1.96. The Kier molecular flexibility index (Phi) is 4.90. The van der Waals surface area contributed by atoms with Crippen molar-refractivity contribution in [2.24, 2.45) is 5.92 Å². The van der Waals surface area contributed by atoms with Crippen molar-refractivity contribution in [1.82, 2.24) is 4.72 Å². The van der Waals surface area contributed by atoms with Crippen LogP contribution in [0.3, 0.4) is 0 Å². The number of benzene rings is 1. The highest BCUT2D eigenvalue weighted by Crippen LogP contribution is 2.33. The van der Waals surface area contributed by atoms with Gasteiger partial charge >= 0.3 is 0 Å². The molecule has 0 saturated heterocycles.